The van der Waals surface area contributed by atoms with Crippen molar-refractivity contribution >= 4 is 10.4 Å². The van der Waals surface area contributed by atoms with E-state index in [2.05, 4.69) is 8.37 Å². The second-order valence-electron chi connectivity index (χ2n) is 3.97. The summed E-state index contributed by atoms with van der Waals surface area (Å²) in [5.41, 5.74) is 0. The molecule has 0 fully saturated rings. The molecule has 0 aliphatic rings. The Hall–Kier alpha value is -2.43. The lowest BCUT2D eigenvalue weighted by atomic mass is 10.3. The Kier molecular flexibility index (Phi) is 4.41. The summed E-state index contributed by atoms with van der Waals surface area (Å²) in [5.74, 6) is -12.8. The van der Waals surface area contributed by atoms with Crippen LogP contribution >= 0.6 is 0 Å². The van der Waals surface area contributed by atoms with Gasteiger partial charge in [0.05, 0.1) is 0 Å². The molecule has 0 amide bonds. The Morgan fingerprint density at radius 3 is 1.13 bits per heavy atom. The molecule has 0 spiro atoms. The Morgan fingerprint density at radius 2 is 0.870 bits per heavy atom. The highest BCUT2D eigenvalue weighted by molar-refractivity contribution is 7.82. The second kappa shape index (κ2) is 5.99. The molecule has 0 radical (unpaired) electrons. The smallest absolute Gasteiger partial charge is 0.346 e. The van der Waals surface area contributed by atoms with Crippen LogP contribution in [0.4, 0.5) is 26.3 Å². The number of halogens is 6. The monoisotopic (exact) mass is 358 g/mol. The van der Waals surface area contributed by atoms with E-state index >= 15 is 0 Å². The molecule has 0 N–H and O–H groups in total. The quantitative estimate of drug-likeness (QED) is 0.788. The molecule has 124 valence electrons. The van der Waals surface area contributed by atoms with Crippen molar-refractivity contribution in [2.24, 2.45) is 0 Å². The van der Waals surface area contributed by atoms with Gasteiger partial charge in [-0.2, -0.15) is 0 Å². The number of benzene rings is 2. The average molecular weight is 358 g/mol. The summed E-state index contributed by atoms with van der Waals surface area (Å²) in [4.78, 5) is 0. The van der Waals surface area contributed by atoms with E-state index in [0.29, 0.717) is 0 Å². The third-order valence-corrected chi connectivity index (χ3v) is 3.04. The lowest BCUT2D eigenvalue weighted by Crippen LogP contribution is -2.19. The number of hydrogen-bond acceptors (Lipinski definition) is 4. The first kappa shape index (κ1) is 16.9. The Bertz CT molecular complexity index is 756. The minimum atomic E-state index is -5.41. The Labute approximate surface area is 125 Å². The zero-order valence-electron chi connectivity index (χ0n) is 10.6. The van der Waals surface area contributed by atoms with E-state index in [9.17, 15) is 34.8 Å². The molecule has 0 bridgehead atoms. The zero-order chi connectivity index (χ0) is 17.4. The molecule has 4 nitrogen and oxygen atoms in total. The molecule has 0 heterocycles. The predicted octanol–water partition coefficient (Wildman–Crippen LogP) is 3.22. The summed E-state index contributed by atoms with van der Waals surface area (Å²) in [6.45, 7) is 0. The first-order valence-corrected chi connectivity index (χ1v) is 6.85. The normalized spacial score (nSPS) is 11.4. The molecule has 0 saturated heterocycles. The lowest BCUT2D eigenvalue weighted by Gasteiger charge is -2.10. The van der Waals surface area contributed by atoms with Gasteiger partial charge < -0.3 is 8.37 Å². The molecule has 0 aromatic heterocycles. The van der Waals surface area contributed by atoms with Crippen LogP contribution in [-0.4, -0.2) is 8.42 Å². The van der Waals surface area contributed by atoms with Crippen LogP contribution in [0.3, 0.4) is 0 Å². The number of hydrogen-bond donors (Lipinski definition) is 0. The molecule has 0 aliphatic heterocycles. The van der Waals surface area contributed by atoms with E-state index in [4.69, 9.17) is 0 Å². The van der Waals surface area contributed by atoms with Crippen LogP contribution in [-0.2, 0) is 10.4 Å². The van der Waals surface area contributed by atoms with Crippen LogP contribution < -0.4 is 8.37 Å². The van der Waals surface area contributed by atoms with Gasteiger partial charge in [0.25, 0.3) is 0 Å². The summed E-state index contributed by atoms with van der Waals surface area (Å²) >= 11 is 0. The van der Waals surface area contributed by atoms with Gasteiger partial charge in [-0.25, -0.2) is 26.3 Å². The molecule has 11 heteroatoms. The number of rotatable bonds is 4. The van der Waals surface area contributed by atoms with Gasteiger partial charge in [0.1, 0.15) is 11.6 Å². The van der Waals surface area contributed by atoms with Crippen molar-refractivity contribution in [3.8, 4) is 11.5 Å². The summed E-state index contributed by atoms with van der Waals surface area (Å²) in [6, 6.07) is 0.417. The van der Waals surface area contributed by atoms with Crippen molar-refractivity contribution in [3.05, 3.63) is 59.2 Å². The van der Waals surface area contributed by atoms with Crippen LogP contribution in [0.15, 0.2) is 24.3 Å². The van der Waals surface area contributed by atoms with Crippen molar-refractivity contribution in [3.63, 3.8) is 0 Å². The highest BCUT2D eigenvalue weighted by Crippen LogP contribution is 2.28. The molecule has 0 atom stereocenters. The van der Waals surface area contributed by atoms with Crippen molar-refractivity contribution < 1.29 is 43.1 Å². The maximum atomic E-state index is 13.3. The maximum Gasteiger partial charge on any atom is 0.501 e. The summed E-state index contributed by atoms with van der Waals surface area (Å²) in [5, 5.41) is 0. The molecular weight excluding hydrogens is 354 g/mol. The van der Waals surface area contributed by atoms with Gasteiger partial charge in [-0.05, 0) is 0 Å². The molecule has 0 saturated carbocycles. The summed E-state index contributed by atoms with van der Waals surface area (Å²) < 4.78 is 109. The lowest BCUT2D eigenvalue weighted by molar-refractivity contribution is 0.350. The largest absolute Gasteiger partial charge is 0.501 e. The van der Waals surface area contributed by atoms with Crippen LogP contribution in [0.25, 0.3) is 0 Å². The third kappa shape index (κ3) is 3.86. The van der Waals surface area contributed by atoms with Gasteiger partial charge in [0, 0.05) is 24.3 Å². The first-order chi connectivity index (χ1) is 10.6. The maximum absolute atomic E-state index is 13.3. The van der Waals surface area contributed by atoms with Crippen LogP contribution in [0, 0.1) is 34.9 Å². The summed E-state index contributed by atoms with van der Waals surface area (Å²) in [6.07, 6.45) is 0. The minimum absolute atomic E-state index is 0.104. The predicted molar refractivity (Wildman–Crippen MR) is 62.8 cm³/mol. The molecule has 23 heavy (non-hydrogen) atoms. The van der Waals surface area contributed by atoms with E-state index in [0.717, 1.165) is 0 Å². The van der Waals surface area contributed by atoms with Gasteiger partial charge in [0.2, 0.25) is 11.5 Å². The van der Waals surface area contributed by atoms with E-state index in [1.807, 2.05) is 0 Å². The molecule has 2 aromatic rings. The molecule has 0 unspecified atom stereocenters. The van der Waals surface area contributed by atoms with Crippen LogP contribution in [0.1, 0.15) is 0 Å². The highest BCUT2D eigenvalue weighted by atomic mass is 32.3. The van der Waals surface area contributed by atoms with Crippen LogP contribution in [0.2, 0.25) is 0 Å². The Balaban J connectivity index is 2.35. The SMILES string of the molecule is O=S(=O)(Oc1c(F)cc(F)cc1F)Oc1c(F)cc(F)cc1F. The van der Waals surface area contributed by atoms with Crippen molar-refractivity contribution in [2.45, 2.75) is 0 Å². The highest BCUT2D eigenvalue weighted by Gasteiger charge is 2.26. The van der Waals surface area contributed by atoms with E-state index in [1.165, 1.54) is 0 Å². The van der Waals surface area contributed by atoms with Crippen molar-refractivity contribution in [1.29, 1.82) is 0 Å². The zero-order valence-corrected chi connectivity index (χ0v) is 11.4. The molecule has 2 rings (SSSR count). The first-order valence-electron chi connectivity index (χ1n) is 5.52. The fourth-order valence-electron chi connectivity index (χ4n) is 1.44. The van der Waals surface area contributed by atoms with Crippen LogP contribution in [0.5, 0.6) is 11.5 Å². The van der Waals surface area contributed by atoms with E-state index < -0.39 is 56.8 Å². The second-order valence-corrected chi connectivity index (χ2v) is 5.12. The van der Waals surface area contributed by atoms with Gasteiger partial charge in [0.15, 0.2) is 23.3 Å². The van der Waals surface area contributed by atoms with Crippen molar-refractivity contribution in [2.75, 3.05) is 0 Å². The average Bonchev–Trinajstić information content (AvgIpc) is 2.38. The third-order valence-electron chi connectivity index (χ3n) is 2.30. The Morgan fingerprint density at radius 1 is 0.609 bits per heavy atom. The fraction of sp³-hybridized carbons (Fsp3) is 0. The van der Waals surface area contributed by atoms with E-state index in [-0.39, 0.29) is 24.3 Å². The summed E-state index contributed by atoms with van der Waals surface area (Å²) in [7, 11) is -5.41. The van der Waals surface area contributed by atoms with Gasteiger partial charge in [-0.3, -0.25) is 0 Å². The minimum Gasteiger partial charge on any atom is -0.346 e. The van der Waals surface area contributed by atoms with Gasteiger partial charge >= 0.3 is 10.4 Å². The molecule has 0 aliphatic carbocycles. The topological polar surface area (TPSA) is 52.6 Å². The standard InChI is InChI=1S/C12H4F6O4S/c13-5-1-7(15)11(8(16)2-5)21-23(19,20)22-12-9(17)3-6(14)4-10(12)18/h1-4H. The van der Waals surface area contributed by atoms with Gasteiger partial charge in [-0.15, -0.1) is 8.42 Å². The molecule has 2 aromatic carbocycles. The van der Waals surface area contributed by atoms with E-state index in [1.54, 1.807) is 0 Å². The van der Waals surface area contributed by atoms with Crippen molar-refractivity contribution in [1.82, 2.24) is 0 Å². The molecular formula is C12H4F6O4S. The van der Waals surface area contributed by atoms with Gasteiger partial charge in [-0.1, -0.05) is 0 Å². The fourth-order valence-corrected chi connectivity index (χ4v) is 2.20.